The van der Waals surface area contributed by atoms with Crippen molar-refractivity contribution in [3.63, 3.8) is 0 Å². The van der Waals surface area contributed by atoms with Crippen LogP contribution in [0.1, 0.15) is 0 Å². The summed E-state index contributed by atoms with van der Waals surface area (Å²) >= 11 is 0. The number of nitrogens with zero attached hydrogens (tertiary/aromatic N) is 5. The van der Waals surface area contributed by atoms with Crippen LogP contribution in [0.25, 0.3) is 72.4 Å². The van der Waals surface area contributed by atoms with Crippen LogP contribution in [-0.4, -0.2) is 24.3 Å². The average molecular weight is 500 g/mol. The summed E-state index contributed by atoms with van der Waals surface area (Å²) in [5.74, 6) is 0.719. The standard InChI is InChI=1S/C34H21N5/c1-2-10-24(11-3-1)34-36-28-15-7-4-12-25(28)30(38-34)22-17-19-23(20-18-22)31-33-32(26-13-5-6-14-27(26)35-31)37-29-16-8-9-21-39(29)33/h1-21H. The van der Waals surface area contributed by atoms with E-state index in [4.69, 9.17) is 19.9 Å². The first-order valence-electron chi connectivity index (χ1n) is 12.9. The number of hydrogen-bond donors (Lipinski definition) is 0. The molecule has 182 valence electrons. The van der Waals surface area contributed by atoms with Gasteiger partial charge in [-0.25, -0.2) is 19.9 Å². The Labute approximate surface area is 224 Å². The lowest BCUT2D eigenvalue weighted by molar-refractivity contribution is 1.22. The Morgan fingerprint density at radius 2 is 1.08 bits per heavy atom. The predicted octanol–water partition coefficient (Wildman–Crippen LogP) is 7.98. The van der Waals surface area contributed by atoms with Crippen LogP contribution in [0.2, 0.25) is 0 Å². The molecule has 0 fully saturated rings. The van der Waals surface area contributed by atoms with Gasteiger partial charge in [0.05, 0.1) is 27.9 Å². The molecule has 4 heterocycles. The molecule has 0 aliphatic rings. The molecular formula is C34H21N5. The van der Waals surface area contributed by atoms with Crippen LogP contribution in [0.3, 0.4) is 0 Å². The van der Waals surface area contributed by atoms with E-state index in [-0.39, 0.29) is 0 Å². The number of hydrogen-bond acceptors (Lipinski definition) is 4. The van der Waals surface area contributed by atoms with E-state index in [1.165, 1.54) is 0 Å². The fraction of sp³-hybridized carbons (Fsp3) is 0. The zero-order chi connectivity index (χ0) is 25.8. The highest BCUT2D eigenvalue weighted by Gasteiger charge is 2.17. The number of aromatic nitrogens is 5. The number of pyridine rings is 2. The van der Waals surface area contributed by atoms with Gasteiger partial charge in [-0.3, -0.25) is 4.40 Å². The zero-order valence-electron chi connectivity index (χ0n) is 20.9. The van der Waals surface area contributed by atoms with E-state index in [9.17, 15) is 0 Å². The van der Waals surface area contributed by atoms with Gasteiger partial charge in [0.15, 0.2) is 5.82 Å². The topological polar surface area (TPSA) is 56.0 Å². The molecule has 0 atom stereocenters. The predicted molar refractivity (Wildman–Crippen MR) is 157 cm³/mol. The van der Waals surface area contributed by atoms with Gasteiger partial charge in [0.2, 0.25) is 0 Å². The van der Waals surface area contributed by atoms with Crippen molar-refractivity contribution >= 4 is 38.5 Å². The second-order valence-corrected chi connectivity index (χ2v) is 9.57. The fourth-order valence-corrected chi connectivity index (χ4v) is 5.35. The van der Waals surface area contributed by atoms with Crippen molar-refractivity contribution in [2.75, 3.05) is 0 Å². The third-order valence-electron chi connectivity index (χ3n) is 7.21. The number of rotatable bonds is 3. The number of benzene rings is 4. The minimum atomic E-state index is 0.719. The SMILES string of the molecule is c1ccc(-c2nc(-c3ccc(-c4nc5ccccc5c5nc6ccccn6c45)cc3)c3ccccc3n2)cc1. The summed E-state index contributed by atoms with van der Waals surface area (Å²) in [4.78, 5) is 20.0. The highest BCUT2D eigenvalue weighted by Crippen LogP contribution is 2.35. The lowest BCUT2D eigenvalue weighted by atomic mass is 10.0. The van der Waals surface area contributed by atoms with Gasteiger partial charge in [-0.2, -0.15) is 0 Å². The van der Waals surface area contributed by atoms with Crippen molar-refractivity contribution in [2.24, 2.45) is 0 Å². The molecular weight excluding hydrogens is 478 g/mol. The first kappa shape index (κ1) is 21.6. The summed E-state index contributed by atoms with van der Waals surface area (Å²) in [6.45, 7) is 0. The van der Waals surface area contributed by atoms with Gasteiger partial charge in [0.25, 0.3) is 0 Å². The number of imidazole rings is 1. The van der Waals surface area contributed by atoms with E-state index in [0.717, 1.165) is 72.4 Å². The van der Waals surface area contributed by atoms with Crippen molar-refractivity contribution in [3.8, 4) is 33.9 Å². The Morgan fingerprint density at radius 1 is 0.436 bits per heavy atom. The highest BCUT2D eigenvalue weighted by molar-refractivity contribution is 6.09. The van der Waals surface area contributed by atoms with E-state index in [2.05, 4.69) is 53.1 Å². The maximum absolute atomic E-state index is 5.12. The van der Waals surface area contributed by atoms with Crippen LogP contribution in [-0.2, 0) is 0 Å². The molecule has 4 aromatic carbocycles. The van der Waals surface area contributed by atoms with Crippen LogP contribution >= 0.6 is 0 Å². The molecule has 0 aliphatic heterocycles. The minimum Gasteiger partial charge on any atom is -0.298 e. The quantitative estimate of drug-likeness (QED) is 0.247. The largest absolute Gasteiger partial charge is 0.298 e. The first-order chi connectivity index (χ1) is 19.3. The molecule has 0 unspecified atom stereocenters. The molecule has 0 saturated heterocycles. The van der Waals surface area contributed by atoms with Gasteiger partial charge >= 0.3 is 0 Å². The second-order valence-electron chi connectivity index (χ2n) is 9.57. The van der Waals surface area contributed by atoms with Gasteiger partial charge in [-0.05, 0) is 24.3 Å². The highest BCUT2D eigenvalue weighted by atomic mass is 15.0. The van der Waals surface area contributed by atoms with Crippen LogP contribution in [0, 0.1) is 0 Å². The lowest BCUT2D eigenvalue weighted by Gasteiger charge is -2.11. The van der Waals surface area contributed by atoms with Crippen molar-refractivity contribution in [3.05, 3.63) is 128 Å². The Morgan fingerprint density at radius 3 is 1.87 bits per heavy atom. The lowest BCUT2D eigenvalue weighted by Crippen LogP contribution is -1.95. The fourth-order valence-electron chi connectivity index (χ4n) is 5.35. The molecule has 0 bridgehead atoms. The van der Waals surface area contributed by atoms with Crippen LogP contribution in [0.4, 0.5) is 0 Å². The molecule has 8 rings (SSSR count). The molecule has 5 nitrogen and oxygen atoms in total. The second kappa shape index (κ2) is 8.57. The first-order valence-corrected chi connectivity index (χ1v) is 12.9. The van der Waals surface area contributed by atoms with E-state index in [1.54, 1.807) is 0 Å². The molecule has 0 saturated carbocycles. The summed E-state index contributed by atoms with van der Waals surface area (Å²) < 4.78 is 2.13. The maximum Gasteiger partial charge on any atom is 0.160 e. The van der Waals surface area contributed by atoms with E-state index >= 15 is 0 Å². The third-order valence-corrected chi connectivity index (χ3v) is 7.21. The summed E-state index contributed by atoms with van der Waals surface area (Å²) in [7, 11) is 0. The zero-order valence-corrected chi connectivity index (χ0v) is 20.9. The summed E-state index contributed by atoms with van der Waals surface area (Å²) in [6.07, 6.45) is 2.05. The van der Waals surface area contributed by atoms with Gasteiger partial charge in [-0.15, -0.1) is 0 Å². The van der Waals surface area contributed by atoms with E-state index in [0.29, 0.717) is 0 Å². The van der Waals surface area contributed by atoms with Gasteiger partial charge in [0.1, 0.15) is 11.2 Å². The molecule has 0 N–H and O–H groups in total. The molecule has 0 amide bonds. The van der Waals surface area contributed by atoms with Crippen LogP contribution < -0.4 is 0 Å². The molecule has 4 aromatic heterocycles. The summed E-state index contributed by atoms with van der Waals surface area (Å²) in [5, 5.41) is 2.08. The monoisotopic (exact) mass is 499 g/mol. The smallest absolute Gasteiger partial charge is 0.160 e. The van der Waals surface area contributed by atoms with Crippen molar-refractivity contribution in [2.45, 2.75) is 0 Å². The average Bonchev–Trinajstić information content (AvgIpc) is 3.41. The summed E-state index contributed by atoms with van der Waals surface area (Å²) in [5.41, 5.74) is 9.61. The van der Waals surface area contributed by atoms with Gasteiger partial charge in [0, 0.05) is 33.7 Å². The van der Waals surface area contributed by atoms with Crippen molar-refractivity contribution in [1.82, 2.24) is 24.3 Å². The van der Waals surface area contributed by atoms with Gasteiger partial charge in [-0.1, -0.05) is 97.1 Å². The molecule has 0 spiro atoms. The Balaban J connectivity index is 1.33. The third kappa shape index (κ3) is 3.48. The van der Waals surface area contributed by atoms with Crippen molar-refractivity contribution in [1.29, 1.82) is 0 Å². The number of para-hydroxylation sites is 2. The molecule has 0 radical (unpaired) electrons. The van der Waals surface area contributed by atoms with E-state index in [1.807, 2.05) is 78.9 Å². The molecule has 8 aromatic rings. The van der Waals surface area contributed by atoms with E-state index < -0.39 is 0 Å². The minimum absolute atomic E-state index is 0.719. The normalized spacial score (nSPS) is 11.6. The van der Waals surface area contributed by atoms with Crippen molar-refractivity contribution < 1.29 is 0 Å². The Hall–Kier alpha value is -5.42. The van der Waals surface area contributed by atoms with Crippen LogP contribution in [0.15, 0.2) is 128 Å². The van der Waals surface area contributed by atoms with Crippen LogP contribution in [0.5, 0.6) is 0 Å². The summed E-state index contributed by atoms with van der Waals surface area (Å²) in [6, 6.07) is 41.1. The molecule has 5 heteroatoms. The molecule has 0 aliphatic carbocycles. The number of fused-ring (bicyclic) bond motifs is 6. The van der Waals surface area contributed by atoms with Gasteiger partial charge < -0.3 is 0 Å². The molecule has 39 heavy (non-hydrogen) atoms. The maximum atomic E-state index is 5.12. The Kier molecular flexibility index (Phi) is 4.76. The Bertz CT molecular complexity index is 2160.